The number of piperidine rings is 1. The molecule has 1 aliphatic rings. The maximum Gasteiger partial charge on any atom is 0.257 e. The normalized spacial score (nSPS) is 25.0. The van der Waals surface area contributed by atoms with Gasteiger partial charge in [0.1, 0.15) is 0 Å². The summed E-state index contributed by atoms with van der Waals surface area (Å²) in [5.74, 6) is 0.555. The number of nitrogens with one attached hydrogen (secondary N) is 1. The smallest absolute Gasteiger partial charge is 0.257 e. The van der Waals surface area contributed by atoms with Gasteiger partial charge < -0.3 is 9.64 Å². The molecule has 1 aromatic rings. The summed E-state index contributed by atoms with van der Waals surface area (Å²) in [7, 11) is 1.71. The average Bonchev–Trinajstić information content (AvgIpc) is 2.75. The van der Waals surface area contributed by atoms with Crippen LogP contribution in [0.1, 0.15) is 29.4 Å². The Balaban J connectivity index is 2.09. The summed E-state index contributed by atoms with van der Waals surface area (Å²) in [6.07, 6.45) is 2.72. The van der Waals surface area contributed by atoms with Gasteiger partial charge in [-0.15, -0.1) is 0 Å². The van der Waals surface area contributed by atoms with Gasteiger partial charge in [-0.25, -0.2) is 0 Å². The number of methoxy groups -OCH3 is 1. The van der Waals surface area contributed by atoms with Gasteiger partial charge in [0, 0.05) is 25.9 Å². The molecule has 1 aliphatic heterocycles. The first-order valence-corrected chi connectivity index (χ1v) is 5.95. The van der Waals surface area contributed by atoms with E-state index in [0.29, 0.717) is 18.0 Å². The monoisotopic (exact) mass is 237 g/mol. The van der Waals surface area contributed by atoms with Gasteiger partial charge in [0.25, 0.3) is 5.91 Å². The summed E-state index contributed by atoms with van der Waals surface area (Å²) in [6.45, 7) is 5.49. The molecule has 0 aliphatic carbocycles. The number of aryl methyl sites for hydroxylation is 1. The van der Waals surface area contributed by atoms with Crippen LogP contribution < -0.4 is 0 Å². The first kappa shape index (κ1) is 12.1. The molecule has 2 atom stereocenters. The van der Waals surface area contributed by atoms with E-state index in [1.54, 1.807) is 13.3 Å². The van der Waals surface area contributed by atoms with Crippen LogP contribution in [0.25, 0.3) is 0 Å². The summed E-state index contributed by atoms with van der Waals surface area (Å²) < 4.78 is 5.41. The number of aromatic amines is 1. The van der Waals surface area contributed by atoms with Crippen LogP contribution in [0.4, 0.5) is 0 Å². The number of amides is 1. The molecule has 0 aromatic carbocycles. The zero-order chi connectivity index (χ0) is 12.4. The Morgan fingerprint density at radius 3 is 3.00 bits per heavy atom. The molecule has 2 rings (SSSR count). The predicted octanol–water partition coefficient (Wildman–Crippen LogP) is 1.22. The van der Waals surface area contributed by atoms with E-state index in [9.17, 15) is 4.79 Å². The van der Waals surface area contributed by atoms with Crippen LogP contribution in [-0.2, 0) is 4.74 Å². The van der Waals surface area contributed by atoms with E-state index in [1.807, 2.05) is 11.8 Å². The molecule has 0 spiro atoms. The van der Waals surface area contributed by atoms with Crippen molar-refractivity contribution in [2.75, 3.05) is 20.2 Å². The highest BCUT2D eigenvalue weighted by molar-refractivity contribution is 5.95. The molecule has 1 aromatic heterocycles. The second-order valence-electron chi connectivity index (χ2n) is 4.70. The number of likely N-dealkylation sites (tertiary alicyclic amines) is 1. The molecule has 0 bridgehead atoms. The van der Waals surface area contributed by atoms with Crippen LogP contribution in [0.15, 0.2) is 6.20 Å². The summed E-state index contributed by atoms with van der Waals surface area (Å²) in [5.41, 5.74) is 1.48. The van der Waals surface area contributed by atoms with Crippen molar-refractivity contribution in [1.29, 1.82) is 0 Å². The lowest BCUT2D eigenvalue weighted by atomic mass is 9.95. The predicted molar refractivity (Wildman–Crippen MR) is 63.8 cm³/mol. The molecule has 1 fully saturated rings. The first-order chi connectivity index (χ1) is 8.13. The number of carbonyl (C=O) groups excluding carboxylic acids is 1. The fraction of sp³-hybridized carbons (Fsp3) is 0.667. The van der Waals surface area contributed by atoms with Crippen LogP contribution in [0.3, 0.4) is 0 Å². The Kier molecular flexibility index (Phi) is 3.47. The van der Waals surface area contributed by atoms with E-state index in [-0.39, 0.29) is 12.0 Å². The minimum atomic E-state index is 0.0465. The molecule has 2 unspecified atom stereocenters. The lowest BCUT2D eigenvalue weighted by Gasteiger charge is -2.36. The van der Waals surface area contributed by atoms with Crippen molar-refractivity contribution < 1.29 is 9.53 Å². The molecule has 0 radical (unpaired) electrons. The topological polar surface area (TPSA) is 58.2 Å². The number of hydrogen-bond donors (Lipinski definition) is 1. The number of carbonyl (C=O) groups is 1. The summed E-state index contributed by atoms with van der Waals surface area (Å²) in [5, 5.41) is 6.68. The lowest BCUT2D eigenvalue weighted by molar-refractivity contribution is -0.00159. The molecular weight excluding hydrogens is 218 g/mol. The van der Waals surface area contributed by atoms with Crippen LogP contribution in [0.2, 0.25) is 0 Å². The second-order valence-corrected chi connectivity index (χ2v) is 4.70. The number of hydrogen-bond acceptors (Lipinski definition) is 3. The summed E-state index contributed by atoms with van der Waals surface area (Å²) in [4.78, 5) is 14.1. The molecule has 17 heavy (non-hydrogen) atoms. The Hall–Kier alpha value is -1.36. The molecule has 2 heterocycles. The minimum Gasteiger partial charge on any atom is -0.379 e. The van der Waals surface area contributed by atoms with Crippen LogP contribution in [0, 0.1) is 12.8 Å². The van der Waals surface area contributed by atoms with Crippen molar-refractivity contribution in [3.8, 4) is 0 Å². The van der Waals surface area contributed by atoms with Gasteiger partial charge in [-0.2, -0.15) is 5.10 Å². The zero-order valence-electron chi connectivity index (χ0n) is 10.6. The second kappa shape index (κ2) is 4.87. The molecule has 5 heteroatoms. The van der Waals surface area contributed by atoms with Crippen molar-refractivity contribution in [2.24, 2.45) is 5.92 Å². The maximum absolute atomic E-state index is 12.3. The third-order valence-corrected chi connectivity index (χ3v) is 3.54. The zero-order valence-corrected chi connectivity index (χ0v) is 10.6. The van der Waals surface area contributed by atoms with Gasteiger partial charge in [0.15, 0.2) is 0 Å². The number of H-pyrrole nitrogens is 1. The Morgan fingerprint density at radius 2 is 2.41 bits per heavy atom. The van der Waals surface area contributed by atoms with E-state index in [2.05, 4.69) is 17.1 Å². The summed E-state index contributed by atoms with van der Waals surface area (Å²) >= 11 is 0. The molecule has 0 saturated carbocycles. The molecular formula is C12H19N3O2. The van der Waals surface area contributed by atoms with Crippen molar-refractivity contribution in [1.82, 2.24) is 15.1 Å². The molecule has 5 nitrogen and oxygen atoms in total. The van der Waals surface area contributed by atoms with E-state index in [4.69, 9.17) is 4.74 Å². The lowest BCUT2D eigenvalue weighted by Crippen LogP contribution is -2.46. The van der Waals surface area contributed by atoms with E-state index < -0.39 is 0 Å². The largest absolute Gasteiger partial charge is 0.379 e. The van der Waals surface area contributed by atoms with E-state index in [1.165, 1.54) is 0 Å². The van der Waals surface area contributed by atoms with Gasteiger partial charge in [0.05, 0.1) is 17.9 Å². The minimum absolute atomic E-state index is 0.0465. The molecule has 1 amide bonds. The van der Waals surface area contributed by atoms with Gasteiger partial charge in [-0.05, 0) is 19.3 Å². The molecule has 1 saturated heterocycles. The Bertz CT molecular complexity index is 402. The van der Waals surface area contributed by atoms with Crippen LogP contribution >= 0.6 is 0 Å². The van der Waals surface area contributed by atoms with Crippen molar-refractivity contribution >= 4 is 5.91 Å². The van der Waals surface area contributed by atoms with Crippen molar-refractivity contribution in [2.45, 2.75) is 26.4 Å². The Morgan fingerprint density at radius 1 is 1.65 bits per heavy atom. The Labute approximate surface area is 101 Å². The molecule has 94 valence electrons. The number of nitrogens with zero attached hydrogens (tertiary/aromatic N) is 2. The number of rotatable bonds is 2. The highest BCUT2D eigenvalue weighted by Crippen LogP contribution is 2.21. The fourth-order valence-corrected chi connectivity index (χ4v) is 2.26. The highest BCUT2D eigenvalue weighted by atomic mass is 16.5. The number of aromatic nitrogens is 2. The van der Waals surface area contributed by atoms with Gasteiger partial charge >= 0.3 is 0 Å². The molecule has 1 N–H and O–H groups in total. The fourth-order valence-electron chi connectivity index (χ4n) is 2.26. The van der Waals surface area contributed by atoms with E-state index in [0.717, 1.165) is 18.7 Å². The van der Waals surface area contributed by atoms with Crippen molar-refractivity contribution in [3.63, 3.8) is 0 Å². The maximum atomic E-state index is 12.3. The highest BCUT2D eigenvalue weighted by Gasteiger charge is 2.30. The quantitative estimate of drug-likeness (QED) is 0.841. The van der Waals surface area contributed by atoms with Gasteiger partial charge in [-0.1, -0.05) is 6.92 Å². The SMILES string of the molecule is COC1CN(C(=O)c2cn[nH]c2C)CCC1C. The number of ether oxygens (including phenoxy) is 1. The van der Waals surface area contributed by atoms with E-state index >= 15 is 0 Å². The first-order valence-electron chi connectivity index (χ1n) is 5.95. The average molecular weight is 237 g/mol. The van der Waals surface area contributed by atoms with Gasteiger partial charge in [-0.3, -0.25) is 9.89 Å². The van der Waals surface area contributed by atoms with Crippen LogP contribution in [-0.4, -0.2) is 47.3 Å². The standard InChI is InChI=1S/C12H19N3O2/c1-8-4-5-15(7-11(8)17-3)12(16)10-6-13-14-9(10)2/h6,8,11H,4-5,7H2,1-3H3,(H,13,14). The van der Waals surface area contributed by atoms with Crippen molar-refractivity contribution in [3.05, 3.63) is 17.5 Å². The van der Waals surface area contributed by atoms with Crippen LogP contribution in [0.5, 0.6) is 0 Å². The van der Waals surface area contributed by atoms with Gasteiger partial charge in [0.2, 0.25) is 0 Å². The third-order valence-electron chi connectivity index (χ3n) is 3.54. The summed E-state index contributed by atoms with van der Waals surface area (Å²) in [6, 6.07) is 0. The third kappa shape index (κ3) is 2.34.